The number of nitrogens with zero attached hydrogens (tertiary/aromatic N) is 2. The number of benzene rings is 1. The highest BCUT2D eigenvalue weighted by Crippen LogP contribution is 2.26. The molecule has 1 aromatic carbocycles. The van der Waals surface area contributed by atoms with Gasteiger partial charge in [-0.3, -0.25) is 0 Å². The number of aromatic nitrogens is 2. The maximum absolute atomic E-state index is 13.6. The minimum absolute atomic E-state index is 0.273. The van der Waals surface area contributed by atoms with Gasteiger partial charge in [0.2, 0.25) is 0 Å². The fraction of sp³-hybridized carbons (Fsp3) is 0.200. The quantitative estimate of drug-likeness (QED) is 0.747. The first-order valence-electron chi connectivity index (χ1n) is 4.43. The second kappa shape index (κ2) is 4.02. The van der Waals surface area contributed by atoms with Crippen LogP contribution < -0.4 is 0 Å². The van der Waals surface area contributed by atoms with E-state index in [1.807, 2.05) is 6.92 Å². The average molecular weight is 290 g/mol. The van der Waals surface area contributed by atoms with Gasteiger partial charge in [0.15, 0.2) is 5.82 Å². The van der Waals surface area contributed by atoms with Crippen molar-refractivity contribution in [1.82, 2.24) is 9.97 Å². The lowest BCUT2D eigenvalue weighted by atomic mass is 10.2. The number of aryl methyl sites for hydroxylation is 1. The zero-order valence-electron chi connectivity index (χ0n) is 7.89. The maximum atomic E-state index is 13.6. The Hall–Kier alpha value is -0.740. The zero-order chi connectivity index (χ0) is 11.0. The van der Waals surface area contributed by atoms with Crippen LogP contribution in [0.5, 0.6) is 0 Å². The molecule has 15 heavy (non-hydrogen) atoms. The molecule has 2 rings (SSSR count). The summed E-state index contributed by atoms with van der Waals surface area (Å²) in [6, 6.07) is 3.07. The summed E-state index contributed by atoms with van der Waals surface area (Å²) >= 11 is 9.15. The van der Waals surface area contributed by atoms with Gasteiger partial charge < -0.3 is 0 Å². The van der Waals surface area contributed by atoms with Crippen LogP contribution in [0.15, 0.2) is 16.6 Å². The fourth-order valence-electron chi connectivity index (χ4n) is 1.32. The van der Waals surface area contributed by atoms with E-state index in [0.717, 1.165) is 0 Å². The summed E-state index contributed by atoms with van der Waals surface area (Å²) in [7, 11) is 0. The van der Waals surface area contributed by atoms with Gasteiger partial charge in [-0.2, -0.15) is 0 Å². The minimum atomic E-state index is -0.390. The van der Waals surface area contributed by atoms with Crippen molar-refractivity contribution in [3.05, 3.63) is 33.4 Å². The van der Waals surface area contributed by atoms with Crippen LogP contribution in [-0.4, -0.2) is 9.97 Å². The topological polar surface area (TPSA) is 25.8 Å². The second-order valence-corrected chi connectivity index (χ2v) is 4.34. The first-order chi connectivity index (χ1) is 7.11. The molecule has 0 bridgehead atoms. The molecule has 0 aliphatic carbocycles. The van der Waals surface area contributed by atoms with Crippen molar-refractivity contribution in [2.45, 2.75) is 13.3 Å². The van der Waals surface area contributed by atoms with Gasteiger partial charge in [-0.25, -0.2) is 14.4 Å². The molecule has 1 heterocycles. The molecule has 2 aromatic rings. The van der Waals surface area contributed by atoms with E-state index in [1.54, 1.807) is 6.07 Å². The van der Waals surface area contributed by atoms with Gasteiger partial charge in [0.05, 0.1) is 0 Å². The van der Waals surface area contributed by atoms with E-state index in [1.165, 1.54) is 6.07 Å². The highest BCUT2D eigenvalue weighted by molar-refractivity contribution is 9.10. The van der Waals surface area contributed by atoms with E-state index >= 15 is 0 Å². The van der Waals surface area contributed by atoms with Crippen molar-refractivity contribution in [1.29, 1.82) is 0 Å². The molecule has 0 unspecified atom stereocenters. The van der Waals surface area contributed by atoms with Crippen LogP contribution in [0.25, 0.3) is 10.9 Å². The van der Waals surface area contributed by atoms with Gasteiger partial charge >= 0.3 is 0 Å². The van der Waals surface area contributed by atoms with Gasteiger partial charge in [0.1, 0.15) is 16.5 Å². The van der Waals surface area contributed by atoms with E-state index in [9.17, 15) is 4.39 Å². The Balaban J connectivity index is 2.85. The molecule has 0 saturated heterocycles. The molecule has 0 radical (unpaired) electrons. The maximum Gasteiger partial charge on any atom is 0.150 e. The lowest BCUT2D eigenvalue weighted by Crippen LogP contribution is -1.96. The molecule has 0 fully saturated rings. The van der Waals surface area contributed by atoms with E-state index in [4.69, 9.17) is 11.6 Å². The van der Waals surface area contributed by atoms with Crippen molar-refractivity contribution in [2.75, 3.05) is 0 Å². The summed E-state index contributed by atoms with van der Waals surface area (Å²) in [6.07, 6.45) is 0.630. The molecule has 78 valence electrons. The number of rotatable bonds is 1. The molecule has 0 saturated carbocycles. The van der Waals surface area contributed by atoms with E-state index in [2.05, 4.69) is 25.9 Å². The lowest BCUT2D eigenvalue weighted by Gasteiger charge is -2.04. The third-order valence-corrected chi connectivity index (χ3v) is 2.78. The Morgan fingerprint density at radius 1 is 1.40 bits per heavy atom. The van der Waals surface area contributed by atoms with Crippen LogP contribution in [-0.2, 0) is 6.42 Å². The number of halogens is 3. The fourth-order valence-corrected chi connectivity index (χ4v) is 1.99. The van der Waals surface area contributed by atoms with Crippen LogP contribution in [0.1, 0.15) is 12.7 Å². The van der Waals surface area contributed by atoms with Gasteiger partial charge in [-0.05, 0) is 12.1 Å². The molecule has 0 spiro atoms. The third kappa shape index (κ3) is 1.96. The SMILES string of the molecule is CCc1nc(Cl)c2cc(Br)cc(F)c2n1. The monoisotopic (exact) mass is 288 g/mol. The van der Waals surface area contributed by atoms with Crippen LogP contribution in [0.4, 0.5) is 4.39 Å². The zero-order valence-corrected chi connectivity index (χ0v) is 10.2. The van der Waals surface area contributed by atoms with Crippen LogP contribution in [0, 0.1) is 5.82 Å². The molecular formula is C10H7BrClFN2. The number of hydrogen-bond acceptors (Lipinski definition) is 2. The molecule has 0 aliphatic heterocycles. The number of hydrogen-bond donors (Lipinski definition) is 0. The highest BCUT2D eigenvalue weighted by Gasteiger charge is 2.10. The second-order valence-electron chi connectivity index (χ2n) is 3.07. The Labute approximate surface area is 99.6 Å². The molecule has 0 atom stereocenters. The van der Waals surface area contributed by atoms with E-state index < -0.39 is 5.82 Å². The van der Waals surface area contributed by atoms with Crippen molar-refractivity contribution < 1.29 is 4.39 Å². The summed E-state index contributed by atoms with van der Waals surface area (Å²) in [4.78, 5) is 8.17. The largest absolute Gasteiger partial charge is 0.230 e. The summed E-state index contributed by atoms with van der Waals surface area (Å²) < 4.78 is 14.2. The normalized spacial score (nSPS) is 10.9. The van der Waals surface area contributed by atoms with E-state index in [-0.39, 0.29) is 10.7 Å². The minimum Gasteiger partial charge on any atom is -0.230 e. The highest BCUT2D eigenvalue weighted by atomic mass is 79.9. The molecule has 2 nitrogen and oxygen atoms in total. The summed E-state index contributed by atoms with van der Waals surface area (Å²) in [5.74, 6) is 0.159. The van der Waals surface area contributed by atoms with Crippen LogP contribution in [0.3, 0.4) is 0 Å². The molecule has 0 aliphatic rings. The van der Waals surface area contributed by atoms with Crippen LogP contribution in [0.2, 0.25) is 5.15 Å². The Morgan fingerprint density at radius 2 is 2.13 bits per heavy atom. The van der Waals surface area contributed by atoms with Crippen LogP contribution >= 0.6 is 27.5 Å². The predicted octanol–water partition coefficient (Wildman–Crippen LogP) is 3.75. The van der Waals surface area contributed by atoms with Crippen molar-refractivity contribution in [3.8, 4) is 0 Å². The predicted molar refractivity (Wildman–Crippen MR) is 61.6 cm³/mol. The molecule has 0 N–H and O–H groups in total. The lowest BCUT2D eigenvalue weighted by molar-refractivity contribution is 0.635. The Kier molecular flexibility index (Phi) is 2.89. The smallest absolute Gasteiger partial charge is 0.150 e. The van der Waals surface area contributed by atoms with Gasteiger partial charge in [-0.15, -0.1) is 0 Å². The standard InChI is InChI=1S/C10H7BrClFN2/c1-2-8-14-9-6(10(12)15-8)3-5(11)4-7(9)13/h3-4H,2H2,1H3. The van der Waals surface area contributed by atoms with Crippen molar-refractivity contribution in [3.63, 3.8) is 0 Å². The van der Waals surface area contributed by atoms with Crippen molar-refractivity contribution >= 4 is 38.4 Å². The Bertz CT molecular complexity index is 530. The van der Waals surface area contributed by atoms with E-state index in [0.29, 0.717) is 22.1 Å². The summed E-state index contributed by atoms with van der Waals surface area (Å²) in [6.45, 7) is 1.90. The van der Waals surface area contributed by atoms with Crippen molar-refractivity contribution in [2.24, 2.45) is 0 Å². The summed E-state index contributed by atoms with van der Waals surface area (Å²) in [5, 5.41) is 0.817. The molecular weight excluding hydrogens is 282 g/mol. The molecule has 0 amide bonds. The van der Waals surface area contributed by atoms with Gasteiger partial charge in [0.25, 0.3) is 0 Å². The summed E-state index contributed by atoms with van der Waals surface area (Å²) in [5.41, 5.74) is 0.273. The first-order valence-corrected chi connectivity index (χ1v) is 5.60. The number of fused-ring (bicyclic) bond motifs is 1. The average Bonchev–Trinajstić information content (AvgIpc) is 2.19. The van der Waals surface area contributed by atoms with Gasteiger partial charge in [-0.1, -0.05) is 34.5 Å². The molecule has 1 aromatic heterocycles. The third-order valence-electron chi connectivity index (χ3n) is 2.03. The first kappa shape index (κ1) is 10.8. The Morgan fingerprint density at radius 3 is 2.80 bits per heavy atom. The van der Waals surface area contributed by atoms with Gasteiger partial charge in [0, 0.05) is 16.3 Å². The molecule has 5 heteroatoms.